The monoisotopic (exact) mass is 220 g/mol. The highest BCUT2D eigenvalue weighted by Crippen LogP contribution is 2.39. The maximum atomic E-state index is 11.9. The molecule has 1 fully saturated rings. The van der Waals surface area contributed by atoms with E-state index in [1.54, 1.807) is 0 Å². The quantitative estimate of drug-likeness (QED) is 0.806. The summed E-state index contributed by atoms with van der Waals surface area (Å²) in [5, 5.41) is 2.92. The molecule has 4 nitrogen and oxygen atoms in total. The SMILES string of the molecule is CC(C)(NC(=O)c1c[nH]ccc1=O)C1CC1. The van der Waals surface area contributed by atoms with Gasteiger partial charge in [-0.05, 0) is 32.6 Å². The molecular formula is C12H16N2O2. The Morgan fingerprint density at radius 1 is 1.50 bits per heavy atom. The van der Waals surface area contributed by atoms with Crippen LogP contribution in [0.3, 0.4) is 0 Å². The number of H-pyrrole nitrogens is 1. The predicted octanol–water partition coefficient (Wildman–Crippen LogP) is 1.29. The number of pyridine rings is 1. The van der Waals surface area contributed by atoms with E-state index in [0.717, 1.165) is 12.8 Å². The number of aromatic amines is 1. The highest BCUT2D eigenvalue weighted by molar-refractivity contribution is 5.94. The van der Waals surface area contributed by atoms with Gasteiger partial charge in [-0.1, -0.05) is 0 Å². The first kappa shape index (κ1) is 10.9. The van der Waals surface area contributed by atoms with E-state index in [4.69, 9.17) is 0 Å². The number of aromatic nitrogens is 1. The number of amides is 1. The van der Waals surface area contributed by atoms with E-state index in [-0.39, 0.29) is 22.4 Å². The lowest BCUT2D eigenvalue weighted by Gasteiger charge is -2.25. The Morgan fingerprint density at radius 3 is 2.75 bits per heavy atom. The summed E-state index contributed by atoms with van der Waals surface area (Å²) in [5.74, 6) is 0.248. The number of nitrogens with one attached hydrogen (secondary N) is 2. The molecule has 0 aliphatic heterocycles. The van der Waals surface area contributed by atoms with Crippen LogP contribution in [0.1, 0.15) is 37.0 Å². The number of hydrogen-bond donors (Lipinski definition) is 2. The standard InChI is InChI=1S/C12H16N2O2/c1-12(2,8-3-4-8)14-11(16)9-7-13-6-5-10(9)15/h5-8H,3-4H2,1-2H3,(H,13,15)(H,14,16). The van der Waals surface area contributed by atoms with Crippen LogP contribution < -0.4 is 10.7 Å². The van der Waals surface area contributed by atoms with E-state index < -0.39 is 0 Å². The molecule has 1 aromatic rings. The van der Waals surface area contributed by atoms with E-state index in [1.165, 1.54) is 18.5 Å². The zero-order valence-electron chi connectivity index (χ0n) is 9.54. The molecule has 0 spiro atoms. The van der Waals surface area contributed by atoms with Gasteiger partial charge < -0.3 is 10.3 Å². The Balaban J connectivity index is 2.14. The third-order valence-corrected chi connectivity index (χ3v) is 3.10. The van der Waals surface area contributed by atoms with Crippen LogP contribution >= 0.6 is 0 Å². The zero-order chi connectivity index (χ0) is 11.8. The molecule has 0 radical (unpaired) electrons. The van der Waals surface area contributed by atoms with Crippen LogP contribution in [0.25, 0.3) is 0 Å². The Labute approximate surface area is 94.1 Å². The van der Waals surface area contributed by atoms with E-state index in [0.29, 0.717) is 5.92 Å². The summed E-state index contributed by atoms with van der Waals surface area (Å²) in [5.41, 5.74) is -0.293. The van der Waals surface area contributed by atoms with Crippen molar-refractivity contribution in [3.63, 3.8) is 0 Å². The van der Waals surface area contributed by atoms with E-state index >= 15 is 0 Å². The first-order valence-electron chi connectivity index (χ1n) is 5.50. The van der Waals surface area contributed by atoms with Crippen molar-refractivity contribution in [1.29, 1.82) is 0 Å². The van der Waals surface area contributed by atoms with Crippen molar-refractivity contribution in [3.8, 4) is 0 Å². The lowest BCUT2D eigenvalue weighted by atomic mass is 9.98. The molecule has 86 valence electrons. The van der Waals surface area contributed by atoms with Crippen molar-refractivity contribution in [2.45, 2.75) is 32.2 Å². The molecule has 1 heterocycles. The third kappa shape index (κ3) is 2.15. The second-order valence-corrected chi connectivity index (χ2v) is 4.87. The first-order chi connectivity index (χ1) is 7.50. The summed E-state index contributed by atoms with van der Waals surface area (Å²) in [4.78, 5) is 26.1. The molecule has 4 heteroatoms. The predicted molar refractivity (Wildman–Crippen MR) is 61.3 cm³/mol. The fourth-order valence-electron chi connectivity index (χ4n) is 1.86. The molecule has 0 bridgehead atoms. The van der Waals surface area contributed by atoms with Gasteiger partial charge in [0.15, 0.2) is 5.43 Å². The van der Waals surface area contributed by atoms with Gasteiger partial charge in [-0.25, -0.2) is 0 Å². The van der Waals surface area contributed by atoms with Crippen molar-refractivity contribution < 1.29 is 4.79 Å². The third-order valence-electron chi connectivity index (χ3n) is 3.10. The van der Waals surface area contributed by atoms with Crippen molar-refractivity contribution in [3.05, 3.63) is 34.2 Å². The second-order valence-electron chi connectivity index (χ2n) is 4.87. The number of hydrogen-bond acceptors (Lipinski definition) is 2. The fraction of sp³-hybridized carbons (Fsp3) is 0.500. The Bertz CT molecular complexity index is 458. The summed E-state index contributed by atoms with van der Waals surface area (Å²) in [6.07, 6.45) is 5.27. The lowest BCUT2D eigenvalue weighted by molar-refractivity contribution is 0.0902. The van der Waals surface area contributed by atoms with Gasteiger partial charge in [0.2, 0.25) is 0 Å². The topological polar surface area (TPSA) is 62.0 Å². The zero-order valence-corrected chi connectivity index (χ0v) is 9.54. The number of carbonyl (C=O) groups excluding carboxylic acids is 1. The highest BCUT2D eigenvalue weighted by atomic mass is 16.2. The average molecular weight is 220 g/mol. The smallest absolute Gasteiger partial charge is 0.257 e. The molecular weight excluding hydrogens is 204 g/mol. The van der Waals surface area contributed by atoms with Crippen LogP contribution in [0.15, 0.2) is 23.3 Å². The minimum atomic E-state index is -0.293. The van der Waals surface area contributed by atoms with Crippen LogP contribution in [-0.2, 0) is 0 Å². The van der Waals surface area contributed by atoms with E-state index in [9.17, 15) is 9.59 Å². The van der Waals surface area contributed by atoms with Crippen LogP contribution in [0.5, 0.6) is 0 Å². The molecule has 1 amide bonds. The normalized spacial score (nSPS) is 15.9. The summed E-state index contributed by atoms with van der Waals surface area (Å²) in [6, 6.07) is 1.36. The minimum absolute atomic E-state index is 0.177. The maximum Gasteiger partial charge on any atom is 0.257 e. The molecule has 2 rings (SSSR count). The number of carbonyl (C=O) groups is 1. The minimum Gasteiger partial charge on any atom is -0.367 e. The second kappa shape index (κ2) is 3.77. The molecule has 16 heavy (non-hydrogen) atoms. The Kier molecular flexibility index (Phi) is 2.58. The van der Waals surface area contributed by atoms with Gasteiger partial charge in [0, 0.05) is 24.0 Å². The van der Waals surface area contributed by atoms with Gasteiger partial charge in [0.25, 0.3) is 5.91 Å². The molecule has 1 aliphatic rings. The molecule has 0 aromatic carbocycles. The van der Waals surface area contributed by atoms with Crippen LogP contribution in [0.2, 0.25) is 0 Å². The van der Waals surface area contributed by atoms with Crippen molar-refractivity contribution in [1.82, 2.24) is 10.3 Å². The fourth-order valence-corrected chi connectivity index (χ4v) is 1.86. The molecule has 1 aliphatic carbocycles. The summed E-state index contributed by atoms with van der Waals surface area (Å²) < 4.78 is 0. The molecule has 1 saturated carbocycles. The summed E-state index contributed by atoms with van der Waals surface area (Å²) in [6.45, 7) is 4.00. The summed E-state index contributed by atoms with van der Waals surface area (Å²) in [7, 11) is 0. The van der Waals surface area contributed by atoms with E-state index in [2.05, 4.69) is 10.3 Å². The van der Waals surface area contributed by atoms with Gasteiger partial charge in [0.05, 0.1) is 0 Å². The average Bonchev–Trinajstić information content (AvgIpc) is 3.00. The molecule has 0 saturated heterocycles. The van der Waals surface area contributed by atoms with Crippen LogP contribution in [0.4, 0.5) is 0 Å². The molecule has 0 atom stereocenters. The van der Waals surface area contributed by atoms with Crippen molar-refractivity contribution in [2.75, 3.05) is 0 Å². The largest absolute Gasteiger partial charge is 0.367 e. The molecule has 0 unspecified atom stereocenters. The van der Waals surface area contributed by atoms with Gasteiger partial charge >= 0.3 is 0 Å². The molecule has 2 N–H and O–H groups in total. The van der Waals surface area contributed by atoms with E-state index in [1.807, 2.05) is 13.8 Å². The van der Waals surface area contributed by atoms with Gasteiger partial charge in [0.1, 0.15) is 5.56 Å². The van der Waals surface area contributed by atoms with Crippen molar-refractivity contribution in [2.24, 2.45) is 5.92 Å². The Hall–Kier alpha value is -1.58. The van der Waals surface area contributed by atoms with Crippen molar-refractivity contribution >= 4 is 5.91 Å². The number of rotatable bonds is 3. The lowest BCUT2D eigenvalue weighted by Crippen LogP contribution is -2.46. The van der Waals surface area contributed by atoms with Crippen LogP contribution in [0, 0.1) is 5.92 Å². The van der Waals surface area contributed by atoms with Gasteiger partial charge in [-0.2, -0.15) is 0 Å². The molecule has 1 aromatic heterocycles. The summed E-state index contributed by atoms with van der Waals surface area (Å²) >= 11 is 0. The Morgan fingerprint density at radius 2 is 2.19 bits per heavy atom. The maximum absolute atomic E-state index is 11.9. The van der Waals surface area contributed by atoms with Crippen LogP contribution in [-0.4, -0.2) is 16.4 Å². The highest BCUT2D eigenvalue weighted by Gasteiger charge is 2.39. The van der Waals surface area contributed by atoms with Gasteiger partial charge in [-0.3, -0.25) is 9.59 Å². The first-order valence-corrected chi connectivity index (χ1v) is 5.50. The van der Waals surface area contributed by atoms with Gasteiger partial charge in [-0.15, -0.1) is 0 Å².